The summed E-state index contributed by atoms with van der Waals surface area (Å²) in [5.41, 5.74) is 7.30. The van der Waals surface area contributed by atoms with Crippen LogP contribution < -0.4 is 0 Å². The van der Waals surface area contributed by atoms with Gasteiger partial charge < -0.3 is 8.83 Å². The molecule has 0 N–H and O–H groups in total. The van der Waals surface area contributed by atoms with Crippen LogP contribution in [0.3, 0.4) is 0 Å². The molecule has 0 radical (unpaired) electrons. The van der Waals surface area contributed by atoms with Crippen LogP contribution >= 0.6 is 0 Å². The molecule has 4 aromatic heterocycles. The molecular formula is C42H24N4O2. The van der Waals surface area contributed by atoms with E-state index in [9.17, 15) is 0 Å². The number of pyridine rings is 1. The summed E-state index contributed by atoms with van der Waals surface area (Å²) in [5, 5.41) is 6.27. The van der Waals surface area contributed by atoms with Crippen molar-refractivity contribution in [3.63, 3.8) is 0 Å². The Morgan fingerprint density at radius 3 is 1.79 bits per heavy atom. The molecule has 0 aliphatic carbocycles. The van der Waals surface area contributed by atoms with Gasteiger partial charge in [0.15, 0.2) is 23.1 Å². The Morgan fingerprint density at radius 2 is 1.04 bits per heavy atom. The Bertz CT molecular complexity index is 2780. The lowest BCUT2D eigenvalue weighted by Gasteiger charge is -2.09. The van der Waals surface area contributed by atoms with Gasteiger partial charge in [-0.05, 0) is 41.1 Å². The molecule has 48 heavy (non-hydrogen) atoms. The summed E-state index contributed by atoms with van der Waals surface area (Å²) in [5.74, 6) is 1.78. The normalized spacial score (nSPS) is 11.8. The second-order valence-electron chi connectivity index (χ2n) is 11.8. The Hall–Kier alpha value is -6.66. The van der Waals surface area contributed by atoms with Gasteiger partial charge in [-0.25, -0.2) is 15.0 Å². The van der Waals surface area contributed by atoms with Crippen molar-refractivity contribution in [2.75, 3.05) is 0 Å². The minimum atomic E-state index is 0.570. The molecule has 0 aliphatic rings. The maximum atomic E-state index is 6.64. The fourth-order valence-corrected chi connectivity index (χ4v) is 6.73. The van der Waals surface area contributed by atoms with Gasteiger partial charge in [-0.3, -0.25) is 4.98 Å². The fraction of sp³-hybridized carbons (Fsp3) is 0. The van der Waals surface area contributed by atoms with Crippen LogP contribution in [-0.2, 0) is 0 Å². The third-order valence-electron chi connectivity index (χ3n) is 8.97. The van der Waals surface area contributed by atoms with Gasteiger partial charge in [0.1, 0.15) is 22.4 Å². The van der Waals surface area contributed by atoms with Gasteiger partial charge in [-0.15, -0.1) is 0 Å². The number of benzene rings is 6. The molecule has 6 nitrogen and oxygen atoms in total. The summed E-state index contributed by atoms with van der Waals surface area (Å²) in [6, 6.07) is 46.8. The first-order valence-electron chi connectivity index (χ1n) is 15.8. The van der Waals surface area contributed by atoms with Crippen LogP contribution in [0.2, 0.25) is 0 Å². The lowest BCUT2D eigenvalue weighted by atomic mass is 10.0. The zero-order chi connectivity index (χ0) is 31.6. The largest absolute Gasteiger partial charge is 0.455 e. The highest BCUT2D eigenvalue weighted by atomic mass is 16.3. The maximum Gasteiger partial charge on any atom is 0.164 e. The van der Waals surface area contributed by atoms with Gasteiger partial charge in [0, 0.05) is 50.0 Å². The number of fused-ring (bicyclic) bond motifs is 7. The molecule has 0 spiro atoms. The number of furan rings is 2. The number of nitrogens with zero attached hydrogens (tertiary/aromatic N) is 4. The molecule has 0 saturated heterocycles. The summed E-state index contributed by atoms with van der Waals surface area (Å²) < 4.78 is 13.2. The molecule has 224 valence electrons. The van der Waals surface area contributed by atoms with Gasteiger partial charge >= 0.3 is 0 Å². The van der Waals surface area contributed by atoms with Gasteiger partial charge in [-0.1, -0.05) is 109 Å². The Balaban J connectivity index is 1.20. The van der Waals surface area contributed by atoms with E-state index in [0.29, 0.717) is 23.1 Å². The van der Waals surface area contributed by atoms with Crippen molar-refractivity contribution in [3.05, 3.63) is 146 Å². The Kier molecular flexibility index (Phi) is 5.77. The summed E-state index contributed by atoms with van der Waals surface area (Å²) >= 11 is 0. The van der Waals surface area contributed by atoms with Crippen molar-refractivity contribution >= 4 is 54.6 Å². The highest BCUT2D eigenvalue weighted by Gasteiger charge is 2.22. The Labute approximate surface area is 274 Å². The topological polar surface area (TPSA) is 77.8 Å². The summed E-state index contributed by atoms with van der Waals surface area (Å²) in [6.07, 6.45) is 1.83. The van der Waals surface area contributed by atoms with E-state index in [0.717, 1.165) is 71.6 Å². The standard InChI is InChI=1S/C42H24N4O2/c1-3-11-25(12-4-1)40-44-41(26-13-5-2-6-14-26)46-42(45-40)31-18-10-20-34-36(31)30-21-22-43-37(39(30)47-34)32-19-9-17-29-33-23-27-15-7-8-16-28(27)24-35(33)48-38(29)32/h1-24H. The third kappa shape index (κ3) is 4.13. The predicted molar refractivity (Wildman–Crippen MR) is 191 cm³/mol. The smallest absolute Gasteiger partial charge is 0.164 e. The molecule has 6 aromatic carbocycles. The predicted octanol–water partition coefficient (Wildman–Crippen LogP) is 10.9. The summed E-state index contributed by atoms with van der Waals surface area (Å²) in [7, 11) is 0. The average Bonchev–Trinajstić information content (AvgIpc) is 3.72. The van der Waals surface area contributed by atoms with Gasteiger partial charge in [-0.2, -0.15) is 0 Å². The van der Waals surface area contributed by atoms with Crippen LogP contribution in [0.4, 0.5) is 0 Å². The first-order valence-corrected chi connectivity index (χ1v) is 15.8. The molecule has 0 aliphatic heterocycles. The second kappa shape index (κ2) is 10.4. The molecule has 0 saturated carbocycles. The SMILES string of the molecule is c1ccc(-c2nc(-c3ccccc3)nc(-c3cccc4oc5c(-c6cccc7c6oc6cc8ccccc8cc67)nccc5c34)n2)cc1. The number of hydrogen-bond donors (Lipinski definition) is 0. The van der Waals surface area contributed by atoms with Crippen LogP contribution in [0.5, 0.6) is 0 Å². The molecule has 0 fully saturated rings. The lowest BCUT2D eigenvalue weighted by Crippen LogP contribution is -2.00. The van der Waals surface area contributed by atoms with Gasteiger partial charge in [0.25, 0.3) is 0 Å². The van der Waals surface area contributed by atoms with Crippen molar-refractivity contribution < 1.29 is 8.83 Å². The zero-order valence-corrected chi connectivity index (χ0v) is 25.5. The van der Waals surface area contributed by atoms with Gasteiger partial charge in [0.05, 0.1) is 0 Å². The molecule has 10 rings (SSSR count). The van der Waals surface area contributed by atoms with E-state index in [1.807, 2.05) is 103 Å². The highest BCUT2D eigenvalue weighted by molar-refractivity contribution is 6.17. The highest BCUT2D eigenvalue weighted by Crippen LogP contribution is 2.42. The van der Waals surface area contributed by atoms with Crippen molar-refractivity contribution in [3.8, 4) is 45.4 Å². The average molecular weight is 617 g/mol. The molecule has 0 atom stereocenters. The Morgan fingerprint density at radius 1 is 0.417 bits per heavy atom. The van der Waals surface area contributed by atoms with E-state index >= 15 is 0 Å². The number of hydrogen-bond acceptors (Lipinski definition) is 6. The molecule has 10 aromatic rings. The van der Waals surface area contributed by atoms with Crippen LogP contribution in [0.15, 0.2) is 155 Å². The van der Waals surface area contributed by atoms with Crippen molar-refractivity contribution in [1.82, 2.24) is 19.9 Å². The summed E-state index contributed by atoms with van der Waals surface area (Å²) in [6.45, 7) is 0. The van der Waals surface area contributed by atoms with Crippen molar-refractivity contribution in [2.24, 2.45) is 0 Å². The number of rotatable bonds is 4. The second-order valence-corrected chi connectivity index (χ2v) is 11.8. The molecule has 6 heteroatoms. The maximum absolute atomic E-state index is 6.64. The molecule has 0 bridgehead atoms. The van der Waals surface area contributed by atoms with Crippen LogP contribution in [-0.4, -0.2) is 19.9 Å². The van der Waals surface area contributed by atoms with E-state index < -0.39 is 0 Å². The van der Waals surface area contributed by atoms with Crippen LogP contribution in [0.1, 0.15) is 0 Å². The fourth-order valence-electron chi connectivity index (χ4n) is 6.73. The van der Waals surface area contributed by atoms with Crippen LogP contribution in [0.25, 0.3) is 100 Å². The van der Waals surface area contributed by atoms with Gasteiger partial charge in [0.2, 0.25) is 0 Å². The molecular weight excluding hydrogens is 592 g/mol. The van der Waals surface area contributed by atoms with E-state index in [1.54, 1.807) is 0 Å². The minimum Gasteiger partial charge on any atom is -0.455 e. The van der Waals surface area contributed by atoms with E-state index in [1.165, 1.54) is 5.39 Å². The first kappa shape index (κ1) is 26.5. The van der Waals surface area contributed by atoms with Crippen molar-refractivity contribution in [2.45, 2.75) is 0 Å². The molecule has 0 unspecified atom stereocenters. The van der Waals surface area contributed by atoms with E-state index in [-0.39, 0.29) is 0 Å². The van der Waals surface area contributed by atoms with E-state index in [4.69, 9.17) is 28.8 Å². The zero-order valence-electron chi connectivity index (χ0n) is 25.5. The monoisotopic (exact) mass is 616 g/mol. The van der Waals surface area contributed by atoms with Crippen molar-refractivity contribution in [1.29, 1.82) is 0 Å². The first-order chi connectivity index (χ1) is 23.8. The number of para-hydroxylation sites is 1. The molecule has 0 amide bonds. The summed E-state index contributed by atoms with van der Waals surface area (Å²) in [4.78, 5) is 19.8. The lowest BCUT2D eigenvalue weighted by molar-refractivity contribution is 0.663. The minimum absolute atomic E-state index is 0.570. The number of aromatic nitrogens is 4. The van der Waals surface area contributed by atoms with Crippen LogP contribution in [0, 0.1) is 0 Å². The quantitative estimate of drug-likeness (QED) is 0.196. The molecule has 4 heterocycles. The third-order valence-corrected chi connectivity index (χ3v) is 8.97. The van der Waals surface area contributed by atoms with E-state index in [2.05, 4.69) is 42.5 Å².